The van der Waals surface area contributed by atoms with Crippen LogP contribution < -0.4 is 40.2 Å². The maximum absolute atomic E-state index is 14.6. The molecule has 220 valence electrons. The molecule has 6 rings (SSSR count). The van der Waals surface area contributed by atoms with Gasteiger partial charge in [-0.3, -0.25) is 4.79 Å². The first kappa shape index (κ1) is 31.0. The van der Waals surface area contributed by atoms with Gasteiger partial charge in [0.1, 0.15) is 23.6 Å². The molecular formula is C31H41Cl2F2N3O2. The van der Waals surface area contributed by atoms with E-state index >= 15 is 0 Å². The van der Waals surface area contributed by atoms with E-state index in [1.54, 1.807) is 7.11 Å². The fraction of sp³-hybridized carbons (Fsp3) is 0.581. The number of hydrogen-bond donors (Lipinski definition) is 2. The molecule has 3 aliphatic heterocycles. The predicted molar refractivity (Wildman–Crippen MR) is 141 cm³/mol. The highest BCUT2D eigenvalue weighted by Gasteiger charge is 2.57. The summed E-state index contributed by atoms with van der Waals surface area (Å²) in [5.41, 5.74) is 3.54. The summed E-state index contributed by atoms with van der Waals surface area (Å²) >= 11 is 0. The Morgan fingerprint density at radius 2 is 1.70 bits per heavy atom. The van der Waals surface area contributed by atoms with Crippen LogP contribution >= 0.6 is 0 Å². The van der Waals surface area contributed by atoms with Crippen molar-refractivity contribution in [1.82, 2.24) is 4.90 Å². The number of methoxy groups -OCH3 is 1. The first-order valence-corrected chi connectivity index (χ1v) is 14.4. The van der Waals surface area contributed by atoms with E-state index in [1.807, 2.05) is 12.1 Å². The number of amides is 1. The molecule has 5 nitrogen and oxygen atoms in total. The Bertz CT molecular complexity index is 1160. The Balaban J connectivity index is 0.00000185. The van der Waals surface area contributed by atoms with Crippen LogP contribution in [0.15, 0.2) is 48.5 Å². The fourth-order valence-electron chi connectivity index (χ4n) is 8.15. The Labute approximate surface area is 248 Å². The largest absolute Gasteiger partial charge is 1.00 e. The third-order valence-electron chi connectivity index (χ3n) is 10.1. The number of hydrogen-bond acceptors (Lipinski definition) is 2. The lowest BCUT2D eigenvalue weighted by atomic mass is 9.67. The topological polar surface area (TPSA) is 62.8 Å². The van der Waals surface area contributed by atoms with Crippen molar-refractivity contribution in [1.29, 1.82) is 0 Å². The highest BCUT2D eigenvalue weighted by molar-refractivity contribution is 5.82. The number of likely N-dealkylation sites (tertiary alicyclic amines) is 1. The van der Waals surface area contributed by atoms with Gasteiger partial charge in [0, 0.05) is 25.4 Å². The van der Waals surface area contributed by atoms with E-state index < -0.39 is 5.92 Å². The Kier molecular flexibility index (Phi) is 9.71. The van der Waals surface area contributed by atoms with Gasteiger partial charge in [0.25, 0.3) is 0 Å². The first-order valence-electron chi connectivity index (χ1n) is 14.4. The smallest absolute Gasteiger partial charge is 0.248 e. The van der Waals surface area contributed by atoms with Gasteiger partial charge in [0.15, 0.2) is 0 Å². The van der Waals surface area contributed by atoms with E-state index in [4.69, 9.17) is 4.74 Å². The summed E-state index contributed by atoms with van der Waals surface area (Å²) in [7, 11) is 1.72. The fourth-order valence-corrected chi connectivity index (χ4v) is 8.15. The zero-order valence-electron chi connectivity index (χ0n) is 23.1. The number of benzene rings is 2. The van der Waals surface area contributed by atoms with Crippen molar-refractivity contribution in [2.24, 2.45) is 11.8 Å². The van der Waals surface area contributed by atoms with Gasteiger partial charge in [0.2, 0.25) is 11.8 Å². The monoisotopic (exact) mass is 595 g/mol. The quantitative estimate of drug-likeness (QED) is 0.391. The second kappa shape index (κ2) is 12.5. The molecule has 2 aromatic carbocycles. The third-order valence-corrected chi connectivity index (χ3v) is 10.1. The zero-order valence-corrected chi connectivity index (χ0v) is 24.6. The molecule has 3 fully saturated rings. The third kappa shape index (κ3) is 5.59. The molecule has 0 aromatic heterocycles. The van der Waals surface area contributed by atoms with Crippen LogP contribution in [0.2, 0.25) is 0 Å². The van der Waals surface area contributed by atoms with Crippen LogP contribution in [0, 0.1) is 11.8 Å². The number of quaternary nitrogens is 2. The highest BCUT2D eigenvalue weighted by Crippen LogP contribution is 2.45. The van der Waals surface area contributed by atoms with Crippen LogP contribution in [0.3, 0.4) is 0 Å². The summed E-state index contributed by atoms with van der Waals surface area (Å²) in [6.45, 7) is 4.12. The van der Waals surface area contributed by atoms with Crippen LogP contribution in [0.25, 0.3) is 0 Å². The second-order valence-electron chi connectivity index (χ2n) is 12.0. The molecule has 2 aromatic rings. The molecule has 1 saturated carbocycles. The molecule has 1 aliphatic carbocycles. The lowest BCUT2D eigenvalue weighted by Crippen LogP contribution is -3.00. The first-order chi connectivity index (χ1) is 18.4. The number of carbonyl (C=O) groups excluding carboxylic acids is 1. The van der Waals surface area contributed by atoms with Gasteiger partial charge < -0.3 is 45.1 Å². The van der Waals surface area contributed by atoms with E-state index in [0.717, 1.165) is 44.8 Å². The number of nitrogens with zero attached hydrogens (tertiary/aromatic N) is 1. The SMILES string of the molecule is COc1cccc2c1C[NH2+]C[C@]21C[NH2+]C[C@H]1C(=O)N1CC[C@@H](c2ccccc2)C[C@H]1C1CCC(F)(F)CC1.[Cl-].[Cl-]. The van der Waals surface area contributed by atoms with Crippen LogP contribution in [0.4, 0.5) is 8.78 Å². The number of halogens is 4. The standard InChI is InChI=1S/C31H39F2N3O2.2ClH/c1-38-28-9-5-8-25-24(28)17-34-19-30(25)20-35-18-26(30)29(37)36-15-12-23(21-6-3-2-4-7-21)16-27(36)22-10-13-31(32,33)14-11-22;;/h2-9,22-23,26-27,34-35H,10-20H2,1H3;2*1H/t23-,26+,27+,30+;;/m1../s1. The van der Waals surface area contributed by atoms with Crippen molar-refractivity contribution >= 4 is 5.91 Å². The highest BCUT2D eigenvalue weighted by atomic mass is 35.5. The molecule has 40 heavy (non-hydrogen) atoms. The predicted octanol–water partition coefficient (Wildman–Crippen LogP) is -3.19. The molecule has 9 heteroatoms. The normalized spacial score (nSPS) is 29.7. The van der Waals surface area contributed by atoms with Crippen molar-refractivity contribution in [3.63, 3.8) is 0 Å². The lowest BCUT2D eigenvalue weighted by Gasteiger charge is -2.47. The summed E-state index contributed by atoms with van der Waals surface area (Å²) in [5.74, 6) is -1.05. The maximum atomic E-state index is 14.6. The van der Waals surface area contributed by atoms with Gasteiger partial charge in [0.05, 0.1) is 32.3 Å². The van der Waals surface area contributed by atoms with Crippen molar-refractivity contribution < 1.29 is 53.8 Å². The molecule has 4 atom stereocenters. The van der Waals surface area contributed by atoms with Gasteiger partial charge in [-0.25, -0.2) is 8.78 Å². The van der Waals surface area contributed by atoms with Crippen LogP contribution in [0.1, 0.15) is 61.1 Å². The average Bonchev–Trinajstić information content (AvgIpc) is 3.36. The molecule has 0 unspecified atom stereocenters. The number of fused-ring (bicyclic) bond motifs is 2. The van der Waals surface area contributed by atoms with Gasteiger partial charge in [-0.2, -0.15) is 0 Å². The number of rotatable bonds is 4. The Morgan fingerprint density at radius 1 is 0.975 bits per heavy atom. The maximum Gasteiger partial charge on any atom is 0.248 e. The van der Waals surface area contributed by atoms with E-state index in [1.165, 1.54) is 16.7 Å². The number of alkyl halides is 2. The van der Waals surface area contributed by atoms with E-state index in [-0.39, 0.29) is 66.9 Å². The van der Waals surface area contributed by atoms with Crippen LogP contribution in [0.5, 0.6) is 5.75 Å². The van der Waals surface area contributed by atoms with Gasteiger partial charge in [-0.05, 0) is 54.7 Å². The molecule has 3 heterocycles. The van der Waals surface area contributed by atoms with Gasteiger partial charge in [-0.15, -0.1) is 0 Å². The summed E-state index contributed by atoms with van der Waals surface area (Å²) in [5, 5.41) is 4.63. The van der Waals surface area contributed by atoms with Gasteiger partial charge in [-0.1, -0.05) is 42.5 Å². The van der Waals surface area contributed by atoms with E-state index in [0.29, 0.717) is 25.3 Å². The molecule has 1 amide bonds. The van der Waals surface area contributed by atoms with Crippen molar-refractivity contribution in [2.45, 2.75) is 68.4 Å². The minimum Gasteiger partial charge on any atom is -1.00 e. The summed E-state index contributed by atoms with van der Waals surface area (Å²) in [4.78, 5) is 16.7. The molecule has 2 saturated heterocycles. The number of carbonyl (C=O) groups is 1. The van der Waals surface area contributed by atoms with Crippen LogP contribution in [-0.4, -0.2) is 56.1 Å². The summed E-state index contributed by atoms with van der Waals surface area (Å²) in [6, 6.07) is 16.8. The molecule has 4 N–H and O–H groups in total. The minimum atomic E-state index is -2.57. The molecule has 1 spiro atoms. The zero-order chi connectivity index (χ0) is 26.3. The summed E-state index contributed by atoms with van der Waals surface area (Å²) in [6.07, 6.45) is 2.67. The number of ether oxygens (including phenoxy) is 1. The molecule has 4 aliphatic rings. The molecule has 0 radical (unpaired) electrons. The summed E-state index contributed by atoms with van der Waals surface area (Å²) < 4.78 is 34.0. The van der Waals surface area contributed by atoms with Crippen molar-refractivity contribution in [2.75, 3.05) is 33.3 Å². The van der Waals surface area contributed by atoms with E-state index in [2.05, 4.69) is 51.9 Å². The Hall–Kier alpha value is -1.93. The van der Waals surface area contributed by atoms with Crippen molar-refractivity contribution in [3.05, 3.63) is 65.2 Å². The second-order valence-corrected chi connectivity index (χ2v) is 12.0. The molecule has 0 bridgehead atoms. The minimum absolute atomic E-state index is 0. The van der Waals surface area contributed by atoms with Crippen LogP contribution in [-0.2, 0) is 16.8 Å². The lowest BCUT2D eigenvalue weighted by molar-refractivity contribution is -0.691. The van der Waals surface area contributed by atoms with Crippen molar-refractivity contribution in [3.8, 4) is 5.75 Å². The van der Waals surface area contributed by atoms with E-state index in [9.17, 15) is 13.6 Å². The Morgan fingerprint density at radius 3 is 2.42 bits per heavy atom. The number of nitrogens with two attached hydrogens (primary N) is 2. The molecular weight excluding hydrogens is 555 g/mol. The number of piperidine rings is 1. The average molecular weight is 597 g/mol. The van der Waals surface area contributed by atoms with Gasteiger partial charge >= 0.3 is 0 Å².